The molecule has 2 atom stereocenters. The average molecular weight is 469 g/mol. The number of nitrogens with one attached hydrogen (secondary N) is 4. The predicted octanol–water partition coefficient (Wildman–Crippen LogP) is -1.22. The number of aliphatic hydroxyl groups is 1. The Labute approximate surface area is 194 Å². The minimum atomic E-state index is -1.08. The molecule has 0 heterocycles. The van der Waals surface area contributed by atoms with E-state index >= 15 is 0 Å². The van der Waals surface area contributed by atoms with Gasteiger partial charge >= 0.3 is 11.9 Å². The number of hydrogen-bond donors (Lipinski definition) is 5. The van der Waals surface area contributed by atoms with Crippen molar-refractivity contribution in [2.75, 3.05) is 53.5 Å². The molecule has 0 aromatic carbocycles. The highest BCUT2D eigenvalue weighted by Gasteiger charge is 2.37. The van der Waals surface area contributed by atoms with Gasteiger partial charge in [0, 0.05) is 45.2 Å². The molecule has 0 radical (unpaired) electrons. The van der Waals surface area contributed by atoms with Gasteiger partial charge in [0.05, 0.1) is 19.8 Å². The van der Waals surface area contributed by atoms with Crippen LogP contribution in [0.2, 0.25) is 0 Å². The van der Waals surface area contributed by atoms with Crippen molar-refractivity contribution in [1.29, 1.82) is 0 Å². The molecule has 0 saturated carbocycles. The summed E-state index contributed by atoms with van der Waals surface area (Å²) >= 11 is 0. The number of esters is 2. The molecule has 0 bridgehead atoms. The van der Waals surface area contributed by atoms with Crippen LogP contribution in [-0.4, -0.2) is 87.9 Å². The first-order chi connectivity index (χ1) is 15.6. The highest BCUT2D eigenvalue weighted by Crippen LogP contribution is 2.34. The maximum Gasteiger partial charge on any atom is 0.315 e. The zero-order valence-electron chi connectivity index (χ0n) is 19.8. The standard InChI is InChI=1S/C22H36N4O7/c1-15-5-6-16(13-23-7-9-25-18(27)11-20(29)32-3)22(2,31)17(15)14-24-8-10-26-19(28)12-21(30)33-4/h5-6,17,23-24,31H,7-14H2,1-4H3,(H,25,27)(H,26,28). The van der Waals surface area contributed by atoms with Gasteiger partial charge in [-0.1, -0.05) is 17.7 Å². The van der Waals surface area contributed by atoms with Crippen molar-refractivity contribution in [3.05, 3.63) is 23.3 Å². The van der Waals surface area contributed by atoms with Crippen molar-refractivity contribution in [1.82, 2.24) is 21.3 Å². The van der Waals surface area contributed by atoms with Crippen LogP contribution in [0.15, 0.2) is 23.3 Å². The Bertz CT molecular complexity index is 762. The summed E-state index contributed by atoms with van der Waals surface area (Å²) in [6.07, 6.45) is 3.23. The topological polar surface area (TPSA) is 155 Å². The molecule has 186 valence electrons. The largest absolute Gasteiger partial charge is 0.469 e. The molecule has 33 heavy (non-hydrogen) atoms. The van der Waals surface area contributed by atoms with Crippen LogP contribution in [0.3, 0.4) is 0 Å². The number of ether oxygens (including phenoxy) is 2. The molecule has 1 aliphatic rings. The maximum atomic E-state index is 11.6. The van der Waals surface area contributed by atoms with Gasteiger partial charge < -0.3 is 35.8 Å². The van der Waals surface area contributed by atoms with Gasteiger partial charge in [0.15, 0.2) is 0 Å². The van der Waals surface area contributed by atoms with Crippen LogP contribution in [0.4, 0.5) is 0 Å². The number of carbonyl (C=O) groups is 4. The van der Waals surface area contributed by atoms with Gasteiger partial charge in [-0.15, -0.1) is 0 Å². The van der Waals surface area contributed by atoms with E-state index < -0.39 is 29.4 Å². The average Bonchev–Trinajstić information content (AvgIpc) is 2.76. The Hall–Kier alpha value is -2.76. The van der Waals surface area contributed by atoms with Gasteiger partial charge in [0.2, 0.25) is 11.8 Å². The SMILES string of the molecule is COC(=O)CC(=O)NCCNCC1=CC=C(C)C(CNCCNC(=O)CC(=O)OC)C1(C)O. The Kier molecular flexibility index (Phi) is 12.3. The van der Waals surface area contributed by atoms with Crippen molar-refractivity contribution in [3.8, 4) is 0 Å². The lowest BCUT2D eigenvalue weighted by Crippen LogP contribution is -2.47. The first-order valence-corrected chi connectivity index (χ1v) is 10.8. The summed E-state index contributed by atoms with van der Waals surface area (Å²) in [6.45, 7) is 6.29. The van der Waals surface area contributed by atoms with Gasteiger partial charge in [-0.05, 0) is 19.4 Å². The summed E-state index contributed by atoms with van der Waals surface area (Å²) in [5.74, 6) is -2.14. The maximum absolute atomic E-state index is 11.6. The first kappa shape index (κ1) is 28.3. The molecular formula is C22H36N4O7. The van der Waals surface area contributed by atoms with Crippen LogP contribution in [-0.2, 0) is 28.7 Å². The van der Waals surface area contributed by atoms with Gasteiger partial charge in [0.25, 0.3) is 0 Å². The summed E-state index contributed by atoms with van der Waals surface area (Å²) in [6, 6.07) is 0. The minimum absolute atomic E-state index is 0.162. The number of hydrogen-bond acceptors (Lipinski definition) is 9. The second kappa shape index (κ2) is 14.4. The Morgan fingerprint density at radius 2 is 1.42 bits per heavy atom. The normalized spacial score (nSPS) is 19.7. The zero-order valence-corrected chi connectivity index (χ0v) is 19.8. The molecule has 1 aliphatic carbocycles. The second-order valence-corrected chi connectivity index (χ2v) is 7.89. The quantitative estimate of drug-likeness (QED) is 0.120. The highest BCUT2D eigenvalue weighted by atomic mass is 16.5. The molecule has 1 rings (SSSR count). The lowest BCUT2D eigenvalue weighted by molar-refractivity contribution is -0.145. The zero-order chi connectivity index (χ0) is 24.9. The Balaban J connectivity index is 2.38. The number of rotatable bonds is 14. The molecule has 0 aromatic rings. The van der Waals surface area contributed by atoms with Gasteiger partial charge in [-0.2, -0.15) is 0 Å². The van der Waals surface area contributed by atoms with Crippen molar-refractivity contribution < 1.29 is 33.8 Å². The number of carbonyl (C=O) groups excluding carboxylic acids is 4. The van der Waals surface area contributed by atoms with Gasteiger partial charge in [-0.3, -0.25) is 19.2 Å². The third kappa shape index (κ3) is 10.1. The molecule has 0 aliphatic heterocycles. The summed E-state index contributed by atoms with van der Waals surface area (Å²) < 4.78 is 8.89. The van der Waals surface area contributed by atoms with Gasteiger partial charge in [-0.25, -0.2) is 0 Å². The number of amides is 2. The molecule has 5 N–H and O–H groups in total. The van der Waals surface area contributed by atoms with Crippen molar-refractivity contribution in [2.24, 2.45) is 5.92 Å². The van der Waals surface area contributed by atoms with Crippen LogP contribution in [0.1, 0.15) is 26.7 Å². The molecule has 0 fully saturated rings. The fraction of sp³-hybridized carbons (Fsp3) is 0.636. The van der Waals surface area contributed by atoms with Crippen LogP contribution in [0.5, 0.6) is 0 Å². The van der Waals surface area contributed by atoms with Crippen LogP contribution in [0, 0.1) is 5.92 Å². The highest BCUT2D eigenvalue weighted by molar-refractivity contribution is 5.94. The second-order valence-electron chi connectivity index (χ2n) is 7.89. The van der Waals surface area contributed by atoms with E-state index in [-0.39, 0.29) is 18.8 Å². The van der Waals surface area contributed by atoms with E-state index in [2.05, 4.69) is 30.7 Å². The molecular weight excluding hydrogens is 432 g/mol. The fourth-order valence-corrected chi connectivity index (χ4v) is 3.36. The fourth-order valence-electron chi connectivity index (χ4n) is 3.36. The Morgan fingerprint density at radius 3 is 1.94 bits per heavy atom. The summed E-state index contributed by atoms with van der Waals surface area (Å²) in [5, 5.41) is 22.8. The molecule has 11 heteroatoms. The van der Waals surface area contributed by atoms with E-state index in [1.807, 2.05) is 19.1 Å². The van der Waals surface area contributed by atoms with E-state index in [1.165, 1.54) is 14.2 Å². The molecule has 2 unspecified atom stereocenters. The van der Waals surface area contributed by atoms with Crippen LogP contribution >= 0.6 is 0 Å². The molecule has 0 aromatic heterocycles. The van der Waals surface area contributed by atoms with Crippen LogP contribution < -0.4 is 21.3 Å². The Morgan fingerprint density at radius 1 is 0.909 bits per heavy atom. The summed E-state index contributed by atoms with van der Waals surface area (Å²) in [7, 11) is 2.46. The molecule has 11 nitrogen and oxygen atoms in total. The molecule has 0 spiro atoms. The smallest absolute Gasteiger partial charge is 0.315 e. The molecule has 2 amide bonds. The number of methoxy groups -OCH3 is 2. The predicted molar refractivity (Wildman–Crippen MR) is 121 cm³/mol. The monoisotopic (exact) mass is 468 g/mol. The summed E-state index contributed by atoms with van der Waals surface area (Å²) in [5.41, 5.74) is 0.759. The van der Waals surface area contributed by atoms with E-state index in [1.54, 1.807) is 6.92 Å². The van der Waals surface area contributed by atoms with E-state index in [9.17, 15) is 24.3 Å². The summed E-state index contributed by atoms with van der Waals surface area (Å²) in [4.78, 5) is 45.3. The first-order valence-electron chi connectivity index (χ1n) is 10.8. The van der Waals surface area contributed by atoms with E-state index in [4.69, 9.17) is 0 Å². The lowest BCUT2D eigenvalue weighted by atomic mass is 9.75. The van der Waals surface area contributed by atoms with Gasteiger partial charge in [0.1, 0.15) is 12.8 Å². The third-order valence-corrected chi connectivity index (χ3v) is 5.40. The van der Waals surface area contributed by atoms with E-state index in [0.29, 0.717) is 39.3 Å². The van der Waals surface area contributed by atoms with Crippen molar-refractivity contribution in [2.45, 2.75) is 32.3 Å². The van der Waals surface area contributed by atoms with Crippen LogP contribution in [0.25, 0.3) is 0 Å². The third-order valence-electron chi connectivity index (χ3n) is 5.40. The lowest BCUT2D eigenvalue weighted by Gasteiger charge is -2.39. The van der Waals surface area contributed by atoms with E-state index in [0.717, 1.165) is 11.1 Å². The number of allylic oxidation sites excluding steroid dienone is 2. The minimum Gasteiger partial charge on any atom is -0.469 e. The van der Waals surface area contributed by atoms with Crippen molar-refractivity contribution >= 4 is 23.8 Å². The molecule has 0 saturated heterocycles. The van der Waals surface area contributed by atoms with Crippen molar-refractivity contribution in [3.63, 3.8) is 0 Å².